The van der Waals surface area contributed by atoms with E-state index >= 15 is 0 Å². The summed E-state index contributed by atoms with van der Waals surface area (Å²) in [6.07, 6.45) is 1.83. The fraction of sp³-hybridized carbons (Fsp3) is 0.133. The van der Waals surface area contributed by atoms with Gasteiger partial charge in [-0.3, -0.25) is 10.4 Å². The summed E-state index contributed by atoms with van der Waals surface area (Å²) in [5.74, 6) is -1.87. The van der Waals surface area contributed by atoms with E-state index in [4.69, 9.17) is 5.11 Å². The first-order valence-corrected chi connectivity index (χ1v) is 6.82. The third-order valence-electron chi connectivity index (χ3n) is 3.04. The molecule has 1 heterocycles. The summed E-state index contributed by atoms with van der Waals surface area (Å²) in [6.45, 7) is 1.31. The predicted molar refractivity (Wildman–Crippen MR) is 82.9 cm³/mol. The van der Waals surface area contributed by atoms with Gasteiger partial charge < -0.3 is 15.2 Å². The Morgan fingerprint density at radius 2 is 2.17 bits per heavy atom. The van der Waals surface area contributed by atoms with Crippen LogP contribution in [0.25, 0.3) is 0 Å². The number of aldehydes is 1. The van der Waals surface area contributed by atoms with Gasteiger partial charge in [-0.2, -0.15) is 0 Å². The van der Waals surface area contributed by atoms with Crippen LogP contribution in [-0.4, -0.2) is 33.5 Å². The van der Waals surface area contributed by atoms with E-state index in [1.54, 1.807) is 12.1 Å². The molecule has 0 bridgehead atoms. The van der Waals surface area contributed by atoms with Crippen molar-refractivity contribution in [1.82, 2.24) is 9.99 Å². The highest BCUT2D eigenvalue weighted by atomic mass is 19.1. The third-order valence-corrected chi connectivity index (χ3v) is 3.04. The minimum Gasteiger partial charge on any atom is -0.464 e. The number of aromatic nitrogens is 1. The van der Waals surface area contributed by atoms with Crippen molar-refractivity contribution in [3.63, 3.8) is 0 Å². The fourth-order valence-corrected chi connectivity index (χ4v) is 1.88. The number of nitrogens with zero attached hydrogens (tertiary/aromatic N) is 2. The molecule has 0 aliphatic carbocycles. The summed E-state index contributed by atoms with van der Waals surface area (Å²) in [7, 11) is 0. The molecule has 0 saturated heterocycles. The van der Waals surface area contributed by atoms with Crippen LogP contribution in [0.2, 0.25) is 0 Å². The Morgan fingerprint density at radius 1 is 1.42 bits per heavy atom. The summed E-state index contributed by atoms with van der Waals surface area (Å²) < 4.78 is 27.7. The van der Waals surface area contributed by atoms with E-state index < -0.39 is 23.8 Å². The molecule has 1 aromatic carbocycles. The molecule has 0 spiro atoms. The van der Waals surface area contributed by atoms with Gasteiger partial charge in [-0.25, -0.2) is 18.6 Å². The van der Waals surface area contributed by atoms with Crippen LogP contribution in [0.1, 0.15) is 6.92 Å². The summed E-state index contributed by atoms with van der Waals surface area (Å²) >= 11 is 0. The zero-order valence-corrected chi connectivity index (χ0v) is 12.5. The maximum absolute atomic E-state index is 14.1. The summed E-state index contributed by atoms with van der Waals surface area (Å²) in [5.41, 5.74) is 2.36. The standard InChI is InChI=1S/C15H14F2N4O3/c1-9(8-22)21(15(23)24)20-14-12(17)5-10(16)6-13(14)19-11-3-2-4-18-7-11/h2-9,19-20H,1H3,(H,23,24). The number of nitrogens with one attached hydrogen (secondary N) is 2. The summed E-state index contributed by atoms with van der Waals surface area (Å²) in [4.78, 5) is 25.9. The zero-order chi connectivity index (χ0) is 17.7. The van der Waals surface area contributed by atoms with Crippen molar-refractivity contribution in [2.45, 2.75) is 13.0 Å². The molecule has 2 aromatic rings. The highest BCUT2D eigenvalue weighted by Gasteiger charge is 2.22. The van der Waals surface area contributed by atoms with Gasteiger partial charge in [0.1, 0.15) is 23.8 Å². The summed E-state index contributed by atoms with van der Waals surface area (Å²) in [5, 5.41) is 12.4. The van der Waals surface area contributed by atoms with Crippen LogP contribution in [0, 0.1) is 11.6 Å². The molecule has 0 aliphatic heterocycles. The van der Waals surface area contributed by atoms with Gasteiger partial charge in [0.2, 0.25) is 0 Å². The molecule has 0 radical (unpaired) electrons. The maximum atomic E-state index is 14.1. The number of carbonyl (C=O) groups excluding carboxylic acids is 1. The third kappa shape index (κ3) is 3.94. The second-order valence-corrected chi connectivity index (χ2v) is 4.82. The van der Waals surface area contributed by atoms with E-state index in [0.717, 1.165) is 6.07 Å². The van der Waals surface area contributed by atoms with Gasteiger partial charge in [-0.05, 0) is 25.1 Å². The molecule has 0 aliphatic rings. The number of benzene rings is 1. The van der Waals surface area contributed by atoms with Crippen molar-refractivity contribution >= 4 is 29.4 Å². The molecule has 2 rings (SSSR count). The molecule has 24 heavy (non-hydrogen) atoms. The molecule has 7 nitrogen and oxygen atoms in total. The molecule has 1 atom stereocenters. The van der Waals surface area contributed by atoms with Crippen molar-refractivity contribution in [1.29, 1.82) is 0 Å². The van der Waals surface area contributed by atoms with Crippen molar-refractivity contribution in [2.75, 3.05) is 10.7 Å². The molecule has 1 unspecified atom stereocenters. The molecule has 0 fully saturated rings. The van der Waals surface area contributed by atoms with Gasteiger partial charge in [0.05, 0.1) is 17.6 Å². The van der Waals surface area contributed by atoms with Crippen LogP contribution in [0.4, 0.5) is 30.6 Å². The lowest BCUT2D eigenvalue weighted by atomic mass is 10.2. The second-order valence-electron chi connectivity index (χ2n) is 4.82. The lowest BCUT2D eigenvalue weighted by molar-refractivity contribution is -0.111. The molecule has 1 aromatic heterocycles. The first kappa shape index (κ1) is 17.1. The number of rotatable bonds is 6. The number of hydrogen-bond donors (Lipinski definition) is 3. The maximum Gasteiger partial charge on any atom is 0.426 e. The smallest absolute Gasteiger partial charge is 0.426 e. The number of hydrazine groups is 1. The molecule has 1 amide bonds. The molecular formula is C15H14F2N4O3. The number of halogens is 2. The average molecular weight is 336 g/mol. The van der Waals surface area contributed by atoms with Gasteiger partial charge in [0.15, 0.2) is 5.82 Å². The van der Waals surface area contributed by atoms with E-state index in [9.17, 15) is 18.4 Å². The first-order chi connectivity index (χ1) is 11.4. The van der Waals surface area contributed by atoms with Crippen molar-refractivity contribution in [2.24, 2.45) is 0 Å². The minimum absolute atomic E-state index is 0.0511. The normalized spacial score (nSPS) is 11.5. The highest BCUT2D eigenvalue weighted by molar-refractivity contribution is 5.79. The van der Waals surface area contributed by atoms with Crippen molar-refractivity contribution in [3.05, 3.63) is 48.3 Å². The fourth-order valence-electron chi connectivity index (χ4n) is 1.88. The number of amides is 1. The number of carboxylic acid groups (broad SMARTS) is 1. The minimum atomic E-state index is -1.49. The lowest BCUT2D eigenvalue weighted by Crippen LogP contribution is -2.43. The number of anilines is 3. The van der Waals surface area contributed by atoms with Crippen LogP contribution >= 0.6 is 0 Å². The van der Waals surface area contributed by atoms with Crippen molar-refractivity contribution < 1.29 is 23.5 Å². The summed E-state index contributed by atoms with van der Waals surface area (Å²) in [6, 6.07) is 3.73. The van der Waals surface area contributed by atoms with E-state index in [2.05, 4.69) is 15.7 Å². The number of hydrogen-bond acceptors (Lipinski definition) is 5. The molecule has 3 N–H and O–H groups in total. The van der Waals surface area contributed by atoms with E-state index in [1.807, 2.05) is 0 Å². The lowest BCUT2D eigenvalue weighted by Gasteiger charge is -2.26. The Labute approximate surface area is 135 Å². The van der Waals surface area contributed by atoms with Crippen LogP contribution in [0.5, 0.6) is 0 Å². The van der Waals surface area contributed by atoms with Crippen LogP contribution < -0.4 is 10.7 Å². The van der Waals surface area contributed by atoms with Crippen LogP contribution in [0.3, 0.4) is 0 Å². The number of pyridine rings is 1. The zero-order valence-electron chi connectivity index (χ0n) is 12.5. The molecule has 9 heteroatoms. The largest absolute Gasteiger partial charge is 0.464 e. The SMILES string of the molecule is CC(C=O)N(Nc1c(F)cc(F)cc1Nc1cccnc1)C(=O)O. The highest BCUT2D eigenvalue weighted by Crippen LogP contribution is 2.30. The van der Waals surface area contributed by atoms with Crippen LogP contribution in [0.15, 0.2) is 36.7 Å². The van der Waals surface area contributed by atoms with Crippen molar-refractivity contribution in [3.8, 4) is 0 Å². The predicted octanol–water partition coefficient (Wildman–Crippen LogP) is 3.00. The Kier molecular flexibility index (Phi) is 5.25. The monoisotopic (exact) mass is 336 g/mol. The van der Waals surface area contributed by atoms with Gasteiger partial charge in [0.25, 0.3) is 0 Å². The molecule has 0 saturated carbocycles. The van der Waals surface area contributed by atoms with E-state index in [0.29, 0.717) is 23.0 Å². The Bertz CT molecular complexity index is 743. The second kappa shape index (κ2) is 7.36. The van der Waals surface area contributed by atoms with Gasteiger partial charge in [0, 0.05) is 12.3 Å². The van der Waals surface area contributed by atoms with Gasteiger partial charge in [-0.15, -0.1) is 0 Å². The Morgan fingerprint density at radius 3 is 2.75 bits per heavy atom. The van der Waals surface area contributed by atoms with Crippen LogP contribution in [-0.2, 0) is 4.79 Å². The van der Waals surface area contributed by atoms with E-state index in [-0.39, 0.29) is 11.4 Å². The van der Waals surface area contributed by atoms with Gasteiger partial charge in [-0.1, -0.05) is 0 Å². The quantitative estimate of drug-likeness (QED) is 0.554. The number of carbonyl (C=O) groups is 2. The Hall–Kier alpha value is -3.23. The van der Waals surface area contributed by atoms with Gasteiger partial charge >= 0.3 is 6.09 Å². The van der Waals surface area contributed by atoms with E-state index in [1.165, 1.54) is 19.3 Å². The Balaban J connectivity index is 2.41. The topological polar surface area (TPSA) is 94.6 Å². The molecule has 126 valence electrons. The average Bonchev–Trinajstić information content (AvgIpc) is 2.54. The molecular weight excluding hydrogens is 322 g/mol. The first-order valence-electron chi connectivity index (χ1n) is 6.82.